The Bertz CT molecular complexity index is 683. The minimum atomic E-state index is 0.313. The highest BCUT2D eigenvalue weighted by molar-refractivity contribution is 7.09. The molecule has 1 aromatic heterocycles. The zero-order valence-corrected chi connectivity index (χ0v) is 13.8. The average Bonchev–Trinajstić information content (AvgIpc) is 3.37. The second-order valence-electron chi connectivity index (χ2n) is 6.21. The number of anilines is 1. The Morgan fingerprint density at radius 2 is 1.91 bits per heavy atom. The van der Waals surface area contributed by atoms with Crippen molar-refractivity contribution in [2.24, 2.45) is 5.92 Å². The topological polar surface area (TPSA) is 49.3 Å². The molecule has 2 fully saturated rings. The number of hydrogen-bond acceptors (Lipinski definition) is 5. The van der Waals surface area contributed by atoms with E-state index < -0.39 is 0 Å². The molecular formula is C17H20N4OS. The van der Waals surface area contributed by atoms with E-state index in [2.05, 4.69) is 9.27 Å². The largest absolute Gasteiger partial charge is 0.345 e. The molecule has 120 valence electrons. The molecule has 1 aromatic carbocycles. The van der Waals surface area contributed by atoms with Crippen LogP contribution in [0.3, 0.4) is 0 Å². The molecule has 1 aliphatic heterocycles. The second-order valence-corrected chi connectivity index (χ2v) is 6.94. The first-order valence-electron chi connectivity index (χ1n) is 8.24. The zero-order valence-electron chi connectivity index (χ0n) is 13.0. The summed E-state index contributed by atoms with van der Waals surface area (Å²) in [5.41, 5.74) is 1.05. The summed E-state index contributed by atoms with van der Waals surface area (Å²) in [7, 11) is 0. The molecular weight excluding hydrogens is 308 g/mol. The lowest BCUT2D eigenvalue weighted by molar-refractivity contribution is -0.132. The summed E-state index contributed by atoms with van der Waals surface area (Å²) in [6.07, 6.45) is 3.16. The number of carbonyl (C=O) groups is 1. The van der Waals surface area contributed by atoms with Crippen molar-refractivity contribution in [3.8, 4) is 11.4 Å². The molecule has 5 nitrogen and oxygen atoms in total. The van der Waals surface area contributed by atoms with Crippen molar-refractivity contribution in [3.05, 3.63) is 30.3 Å². The average molecular weight is 328 g/mol. The Labute approximate surface area is 140 Å². The van der Waals surface area contributed by atoms with Crippen LogP contribution in [0.2, 0.25) is 0 Å². The quantitative estimate of drug-likeness (QED) is 0.869. The fourth-order valence-electron chi connectivity index (χ4n) is 2.97. The van der Waals surface area contributed by atoms with E-state index in [1.54, 1.807) is 0 Å². The SMILES string of the molecule is O=C(C1CC1)N1CCCN(c2nc(-c3ccccc3)ns2)CC1. The number of benzene rings is 1. The molecule has 6 heteroatoms. The van der Waals surface area contributed by atoms with E-state index in [1.165, 1.54) is 11.5 Å². The van der Waals surface area contributed by atoms with E-state index in [1.807, 2.05) is 35.2 Å². The van der Waals surface area contributed by atoms with E-state index in [-0.39, 0.29) is 0 Å². The van der Waals surface area contributed by atoms with Crippen LogP contribution in [0.1, 0.15) is 19.3 Å². The van der Waals surface area contributed by atoms with Crippen molar-refractivity contribution in [2.75, 3.05) is 31.1 Å². The van der Waals surface area contributed by atoms with Crippen LogP contribution in [-0.2, 0) is 4.79 Å². The molecule has 2 heterocycles. The number of aromatic nitrogens is 2. The van der Waals surface area contributed by atoms with Crippen molar-refractivity contribution in [1.29, 1.82) is 0 Å². The first-order valence-corrected chi connectivity index (χ1v) is 9.01. The molecule has 0 spiro atoms. The van der Waals surface area contributed by atoms with E-state index in [9.17, 15) is 4.79 Å². The van der Waals surface area contributed by atoms with Gasteiger partial charge in [0.2, 0.25) is 11.0 Å². The molecule has 1 saturated carbocycles. The maximum Gasteiger partial charge on any atom is 0.225 e. The van der Waals surface area contributed by atoms with Gasteiger partial charge < -0.3 is 9.80 Å². The van der Waals surface area contributed by atoms with E-state index in [4.69, 9.17) is 4.98 Å². The van der Waals surface area contributed by atoms with E-state index >= 15 is 0 Å². The molecule has 0 unspecified atom stereocenters. The van der Waals surface area contributed by atoms with Crippen LogP contribution >= 0.6 is 11.5 Å². The Morgan fingerprint density at radius 3 is 2.70 bits per heavy atom. The molecule has 1 saturated heterocycles. The molecule has 0 radical (unpaired) electrons. The fourth-order valence-corrected chi connectivity index (χ4v) is 3.71. The van der Waals surface area contributed by atoms with Gasteiger partial charge in [-0.15, -0.1) is 0 Å². The Hall–Kier alpha value is -1.95. The van der Waals surface area contributed by atoms with Gasteiger partial charge in [0.25, 0.3) is 0 Å². The molecule has 0 atom stereocenters. The number of nitrogens with zero attached hydrogens (tertiary/aromatic N) is 4. The lowest BCUT2D eigenvalue weighted by atomic mass is 10.2. The second kappa shape index (κ2) is 6.28. The summed E-state index contributed by atoms with van der Waals surface area (Å²) in [6, 6.07) is 10.1. The maximum absolute atomic E-state index is 12.2. The van der Waals surface area contributed by atoms with Crippen molar-refractivity contribution >= 4 is 22.6 Å². The third-order valence-electron chi connectivity index (χ3n) is 4.45. The predicted octanol–water partition coefficient (Wildman–Crippen LogP) is 2.65. The van der Waals surface area contributed by atoms with Crippen molar-refractivity contribution in [1.82, 2.24) is 14.3 Å². The first kappa shape index (κ1) is 14.6. The minimum Gasteiger partial charge on any atom is -0.345 e. The van der Waals surface area contributed by atoms with E-state index in [0.717, 1.165) is 62.0 Å². The highest BCUT2D eigenvalue weighted by Crippen LogP contribution is 2.31. The molecule has 1 amide bonds. The normalized spacial score (nSPS) is 18.8. The molecule has 4 rings (SSSR count). The smallest absolute Gasteiger partial charge is 0.225 e. The molecule has 23 heavy (non-hydrogen) atoms. The number of amides is 1. The summed E-state index contributed by atoms with van der Waals surface area (Å²) in [5.74, 6) is 1.46. The van der Waals surface area contributed by atoms with Gasteiger partial charge in [-0.2, -0.15) is 9.36 Å². The summed E-state index contributed by atoms with van der Waals surface area (Å²) in [5, 5.41) is 0.963. The monoisotopic (exact) mass is 328 g/mol. The van der Waals surface area contributed by atoms with Gasteiger partial charge in [0.15, 0.2) is 5.82 Å². The van der Waals surface area contributed by atoms with Gasteiger partial charge >= 0.3 is 0 Å². The predicted molar refractivity (Wildman–Crippen MR) is 91.5 cm³/mol. The lowest BCUT2D eigenvalue weighted by Crippen LogP contribution is -2.36. The van der Waals surface area contributed by atoms with Crippen LogP contribution in [0.15, 0.2) is 30.3 Å². The van der Waals surface area contributed by atoms with Crippen LogP contribution in [0.5, 0.6) is 0 Å². The molecule has 0 N–H and O–H groups in total. The fraction of sp³-hybridized carbons (Fsp3) is 0.471. The summed E-state index contributed by atoms with van der Waals surface area (Å²) in [4.78, 5) is 21.2. The number of rotatable bonds is 3. The molecule has 2 aromatic rings. The zero-order chi connectivity index (χ0) is 15.6. The standard InChI is InChI=1S/C17H20N4OS/c22-16(14-7-8-14)20-9-4-10-21(12-11-20)17-18-15(19-23-17)13-5-2-1-3-6-13/h1-3,5-6,14H,4,7-12H2. The van der Waals surface area contributed by atoms with Crippen molar-refractivity contribution in [2.45, 2.75) is 19.3 Å². The summed E-state index contributed by atoms with van der Waals surface area (Å²) >= 11 is 1.45. The third kappa shape index (κ3) is 3.22. The molecule has 1 aliphatic carbocycles. The highest BCUT2D eigenvalue weighted by atomic mass is 32.1. The Balaban J connectivity index is 1.44. The van der Waals surface area contributed by atoms with Gasteiger partial charge in [0.05, 0.1) is 0 Å². The first-order chi connectivity index (χ1) is 11.3. The van der Waals surface area contributed by atoms with Gasteiger partial charge in [-0.1, -0.05) is 30.3 Å². The van der Waals surface area contributed by atoms with Gasteiger partial charge in [-0.3, -0.25) is 4.79 Å². The summed E-state index contributed by atoms with van der Waals surface area (Å²) < 4.78 is 4.49. The van der Waals surface area contributed by atoms with Crippen molar-refractivity contribution in [3.63, 3.8) is 0 Å². The minimum absolute atomic E-state index is 0.313. The third-order valence-corrected chi connectivity index (χ3v) is 5.23. The summed E-state index contributed by atoms with van der Waals surface area (Å²) in [6.45, 7) is 3.46. The van der Waals surface area contributed by atoms with Gasteiger partial charge in [0.1, 0.15) is 0 Å². The lowest BCUT2D eigenvalue weighted by Gasteiger charge is -2.21. The van der Waals surface area contributed by atoms with E-state index in [0.29, 0.717) is 11.8 Å². The Kier molecular flexibility index (Phi) is 3.99. The Morgan fingerprint density at radius 1 is 1.09 bits per heavy atom. The van der Waals surface area contributed by atoms with Crippen LogP contribution in [0.25, 0.3) is 11.4 Å². The van der Waals surface area contributed by atoms with Gasteiger partial charge in [-0.25, -0.2) is 0 Å². The highest BCUT2D eigenvalue weighted by Gasteiger charge is 2.34. The number of carbonyl (C=O) groups excluding carboxylic acids is 1. The maximum atomic E-state index is 12.2. The van der Waals surface area contributed by atoms with Crippen molar-refractivity contribution < 1.29 is 4.79 Å². The molecule has 0 bridgehead atoms. The van der Waals surface area contributed by atoms with Gasteiger partial charge in [-0.05, 0) is 19.3 Å². The van der Waals surface area contributed by atoms with Gasteiger partial charge in [0, 0.05) is 49.2 Å². The molecule has 2 aliphatic rings. The van der Waals surface area contributed by atoms with Crippen LogP contribution in [-0.4, -0.2) is 46.3 Å². The van der Waals surface area contributed by atoms with Crippen LogP contribution < -0.4 is 4.90 Å². The van der Waals surface area contributed by atoms with Crippen LogP contribution in [0.4, 0.5) is 5.13 Å². The van der Waals surface area contributed by atoms with Crippen LogP contribution in [0, 0.1) is 5.92 Å². The number of hydrogen-bond donors (Lipinski definition) is 0.